The van der Waals surface area contributed by atoms with E-state index >= 15 is 0 Å². The summed E-state index contributed by atoms with van der Waals surface area (Å²) < 4.78 is 10.6. The Morgan fingerprint density at radius 3 is 1.36 bits per heavy atom. The normalized spacial score (nSPS) is 13.3. The predicted octanol–water partition coefficient (Wildman–Crippen LogP) is 5.68. The van der Waals surface area contributed by atoms with E-state index in [1.165, 1.54) is 38.5 Å². The van der Waals surface area contributed by atoms with Gasteiger partial charge in [-0.3, -0.25) is 9.59 Å². The second kappa shape index (κ2) is 16.4. The minimum atomic E-state index is -0.261. The molecule has 0 aliphatic carbocycles. The molecule has 0 aromatic rings. The van der Waals surface area contributed by atoms with Crippen molar-refractivity contribution in [2.75, 3.05) is 13.2 Å². The summed E-state index contributed by atoms with van der Waals surface area (Å²) in [5.74, 6) is -0.921. The number of hydrogen-bond donors (Lipinski definition) is 0. The van der Waals surface area contributed by atoms with Crippen LogP contribution in [-0.2, 0) is 19.1 Å². The molecule has 148 valence electrons. The first-order valence-electron chi connectivity index (χ1n) is 10.4. The van der Waals surface area contributed by atoms with Gasteiger partial charge in [-0.15, -0.1) is 0 Å². The third-order valence-corrected chi connectivity index (χ3v) is 4.50. The molecule has 0 aromatic carbocycles. The van der Waals surface area contributed by atoms with Crippen LogP contribution in [0.15, 0.2) is 0 Å². The van der Waals surface area contributed by atoms with Crippen molar-refractivity contribution >= 4 is 11.9 Å². The Balaban J connectivity index is 3.77. The minimum Gasteiger partial charge on any atom is -0.465 e. The van der Waals surface area contributed by atoms with Gasteiger partial charge in [0, 0.05) is 0 Å². The molecule has 0 aromatic heterocycles. The van der Waals surface area contributed by atoms with Crippen molar-refractivity contribution in [3.63, 3.8) is 0 Å². The van der Waals surface area contributed by atoms with Crippen LogP contribution in [0.2, 0.25) is 0 Å². The molecule has 0 amide bonds. The highest BCUT2D eigenvalue weighted by Crippen LogP contribution is 2.16. The number of carbonyl (C=O) groups excluding carboxylic acids is 2. The molecule has 0 saturated carbocycles. The topological polar surface area (TPSA) is 52.6 Å². The maximum absolute atomic E-state index is 12.0. The highest BCUT2D eigenvalue weighted by molar-refractivity contribution is 5.75. The standard InChI is InChI=1S/C21H40O4/c1-5-7-9-11-13-15-24-20(22)18(3)17-19(4)21(23)25-16-14-12-10-8-6-2/h18-19H,5-17H2,1-4H3. The van der Waals surface area contributed by atoms with Crippen molar-refractivity contribution in [2.45, 2.75) is 98.3 Å². The van der Waals surface area contributed by atoms with Crippen LogP contribution in [0.25, 0.3) is 0 Å². The van der Waals surface area contributed by atoms with E-state index in [4.69, 9.17) is 9.47 Å². The summed E-state index contributed by atoms with van der Waals surface area (Å²) in [6, 6.07) is 0. The average molecular weight is 357 g/mol. The second-order valence-electron chi connectivity index (χ2n) is 7.20. The van der Waals surface area contributed by atoms with E-state index in [1.807, 2.05) is 13.8 Å². The van der Waals surface area contributed by atoms with Gasteiger partial charge in [0.1, 0.15) is 0 Å². The van der Waals surface area contributed by atoms with E-state index in [9.17, 15) is 9.59 Å². The van der Waals surface area contributed by atoms with E-state index < -0.39 is 0 Å². The summed E-state index contributed by atoms with van der Waals surface area (Å²) in [4.78, 5) is 24.0. The number of hydrogen-bond acceptors (Lipinski definition) is 4. The van der Waals surface area contributed by atoms with E-state index in [1.54, 1.807) is 0 Å². The molecule has 0 N–H and O–H groups in total. The molecule has 4 heteroatoms. The van der Waals surface area contributed by atoms with Crippen molar-refractivity contribution < 1.29 is 19.1 Å². The number of esters is 2. The monoisotopic (exact) mass is 356 g/mol. The van der Waals surface area contributed by atoms with Crippen LogP contribution in [0, 0.1) is 11.8 Å². The number of ether oxygens (including phenoxy) is 2. The maximum Gasteiger partial charge on any atom is 0.308 e. The molecule has 2 unspecified atom stereocenters. The molecule has 25 heavy (non-hydrogen) atoms. The molecule has 0 aliphatic rings. The molecule has 0 aliphatic heterocycles. The summed E-state index contributed by atoms with van der Waals surface area (Å²) in [7, 11) is 0. The smallest absolute Gasteiger partial charge is 0.308 e. The Kier molecular flexibility index (Phi) is 15.7. The van der Waals surface area contributed by atoms with Gasteiger partial charge in [0.2, 0.25) is 0 Å². The van der Waals surface area contributed by atoms with Gasteiger partial charge in [-0.05, 0) is 19.3 Å². The molecule has 4 nitrogen and oxygen atoms in total. The molecular formula is C21H40O4. The predicted molar refractivity (Wildman–Crippen MR) is 102 cm³/mol. The van der Waals surface area contributed by atoms with Gasteiger partial charge in [0.05, 0.1) is 25.0 Å². The van der Waals surface area contributed by atoms with Gasteiger partial charge in [-0.1, -0.05) is 79.1 Å². The van der Waals surface area contributed by atoms with Crippen LogP contribution < -0.4 is 0 Å². The Bertz CT molecular complexity index is 309. The van der Waals surface area contributed by atoms with Crippen molar-refractivity contribution in [3.05, 3.63) is 0 Å². The molecular weight excluding hydrogens is 316 g/mol. The lowest BCUT2D eigenvalue weighted by Gasteiger charge is -2.16. The van der Waals surface area contributed by atoms with Crippen LogP contribution in [0.5, 0.6) is 0 Å². The van der Waals surface area contributed by atoms with E-state index in [2.05, 4.69) is 13.8 Å². The Morgan fingerprint density at radius 2 is 1.00 bits per heavy atom. The quantitative estimate of drug-likeness (QED) is 0.264. The Morgan fingerprint density at radius 1 is 0.640 bits per heavy atom. The number of unbranched alkanes of at least 4 members (excludes halogenated alkanes) is 8. The molecule has 0 heterocycles. The van der Waals surface area contributed by atoms with Crippen LogP contribution in [0.4, 0.5) is 0 Å². The van der Waals surface area contributed by atoms with Crippen LogP contribution >= 0.6 is 0 Å². The van der Waals surface area contributed by atoms with Gasteiger partial charge >= 0.3 is 11.9 Å². The van der Waals surface area contributed by atoms with E-state index in [-0.39, 0.29) is 23.8 Å². The zero-order valence-corrected chi connectivity index (χ0v) is 17.0. The first-order valence-corrected chi connectivity index (χ1v) is 10.4. The summed E-state index contributed by atoms with van der Waals surface area (Å²) in [6.07, 6.45) is 11.9. The van der Waals surface area contributed by atoms with Crippen molar-refractivity contribution in [3.8, 4) is 0 Å². The average Bonchev–Trinajstić information content (AvgIpc) is 2.60. The van der Waals surface area contributed by atoms with Crippen LogP contribution in [-0.4, -0.2) is 25.2 Å². The first kappa shape index (κ1) is 23.9. The highest BCUT2D eigenvalue weighted by atomic mass is 16.5. The summed E-state index contributed by atoms with van der Waals surface area (Å²) in [6.45, 7) is 9.00. The SMILES string of the molecule is CCCCCCCOC(=O)C(C)CC(C)C(=O)OCCCCCCC. The Labute approximate surface area is 155 Å². The Hall–Kier alpha value is -1.06. The zero-order chi connectivity index (χ0) is 18.9. The van der Waals surface area contributed by atoms with Crippen LogP contribution in [0.3, 0.4) is 0 Å². The summed E-state index contributed by atoms with van der Waals surface area (Å²) >= 11 is 0. The lowest BCUT2D eigenvalue weighted by atomic mass is 9.97. The third-order valence-electron chi connectivity index (χ3n) is 4.50. The summed E-state index contributed by atoms with van der Waals surface area (Å²) in [5, 5.41) is 0. The fourth-order valence-corrected chi connectivity index (χ4v) is 2.76. The zero-order valence-electron chi connectivity index (χ0n) is 17.0. The second-order valence-corrected chi connectivity index (χ2v) is 7.20. The van der Waals surface area contributed by atoms with Gasteiger partial charge in [-0.2, -0.15) is 0 Å². The van der Waals surface area contributed by atoms with E-state index in [0.717, 1.165) is 25.7 Å². The maximum atomic E-state index is 12.0. The fraction of sp³-hybridized carbons (Fsp3) is 0.905. The van der Waals surface area contributed by atoms with Gasteiger partial charge in [0.25, 0.3) is 0 Å². The van der Waals surface area contributed by atoms with Gasteiger partial charge in [-0.25, -0.2) is 0 Å². The highest BCUT2D eigenvalue weighted by Gasteiger charge is 2.22. The first-order chi connectivity index (χ1) is 12.0. The number of carbonyl (C=O) groups is 2. The van der Waals surface area contributed by atoms with E-state index in [0.29, 0.717) is 19.6 Å². The fourth-order valence-electron chi connectivity index (χ4n) is 2.76. The molecule has 0 rings (SSSR count). The van der Waals surface area contributed by atoms with Crippen LogP contribution in [0.1, 0.15) is 98.3 Å². The molecule has 0 bridgehead atoms. The van der Waals surface area contributed by atoms with Crippen molar-refractivity contribution in [2.24, 2.45) is 11.8 Å². The lowest BCUT2D eigenvalue weighted by Crippen LogP contribution is -2.23. The lowest BCUT2D eigenvalue weighted by molar-refractivity contribution is -0.152. The van der Waals surface area contributed by atoms with Crippen molar-refractivity contribution in [1.82, 2.24) is 0 Å². The number of rotatable bonds is 16. The van der Waals surface area contributed by atoms with Crippen molar-refractivity contribution in [1.29, 1.82) is 0 Å². The minimum absolute atomic E-state index is 0.199. The van der Waals surface area contributed by atoms with Gasteiger partial charge in [0.15, 0.2) is 0 Å². The largest absolute Gasteiger partial charge is 0.465 e. The molecule has 2 atom stereocenters. The molecule has 0 saturated heterocycles. The summed E-state index contributed by atoms with van der Waals surface area (Å²) in [5.41, 5.74) is 0. The molecule has 0 fully saturated rings. The molecule has 0 spiro atoms. The molecule has 0 radical (unpaired) electrons. The third kappa shape index (κ3) is 13.9. The van der Waals surface area contributed by atoms with Gasteiger partial charge < -0.3 is 9.47 Å².